The Balaban J connectivity index is 3.03. The summed E-state index contributed by atoms with van der Waals surface area (Å²) in [5, 5.41) is 0. The van der Waals surface area contributed by atoms with E-state index in [0.717, 1.165) is 25.3 Å². The fourth-order valence-electron chi connectivity index (χ4n) is 2.77. The van der Waals surface area contributed by atoms with E-state index in [1.54, 1.807) is 7.11 Å². The van der Waals surface area contributed by atoms with Gasteiger partial charge in [0.05, 0.1) is 7.11 Å². The third-order valence-corrected chi connectivity index (χ3v) is 3.86. The van der Waals surface area contributed by atoms with Gasteiger partial charge in [0.2, 0.25) is 0 Å². The fraction of sp³-hybridized carbons (Fsp3) is 0.625. The molecule has 1 rings (SSSR count). The summed E-state index contributed by atoms with van der Waals surface area (Å²) in [6.45, 7) is 10.5. The first-order valence-electron chi connectivity index (χ1n) is 6.98. The second-order valence-corrected chi connectivity index (χ2v) is 5.56. The second kappa shape index (κ2) is 6.80. The summed E-state index contributed by atoms with van der Waals surface area (Å²) in [6.07, 6.45) is 1.07. The maximum absolute atomic E-state index is 5.63. The van der Waals surface area contributed by atoms with Gasteiger partial charge in [-0.3, -0.25) is 0 Å². The molecule has 1 atom stereocenters. The molecule has 0 spiro atoms. The number of ether oxygens (including phenoxy) is 1. The number of aryl methyl sites for hydroxylation is 1. The highest BCUT2D eigenvalue weighted by molar-refractivity contribution is 5.64. The largest absolute Gasteiger partial charge is 0.496 e. The molecular weight excluding hydrogens is 236 g/mol. The van der Waals surface area contributed by atoms with Gasteiger partial charge in [-0.15, -0.1) is 0 Å². The first kappa shape index (κ1) is 15.8. The van der Waals surface area contributed by atoms with Gasteiger partial charge in [-0.25, -0.2) is 0 Å². The second-order valence-electron chi connectivity index (χ2n) is 5.56. The standard InChI is InChI=1S/C16H28N2O/c1-11(7-8-17)10-18(5)16-12(2)9-15(19-6)13(3)14(16)4/h9,11H,7-8,10,17H2,1-6H3. The zero-order chi connectivity index (χ0) is 14.6. The highest BCUT2D eigenvalue weighted by atomic mass is 16.5. The van der Waals surface area contributed by atoms with Gasteiger partial charge in [0.15, 0.2) is 0 Å². The fourth-order valence-corrected chi connectivity index (χ4v) is 2.77. The molecule has 1 aromatic rings. The number of nitrogens with zero attached hydrogens (tertiary/aromatic N) is 1. The molecule has 1 aromatic carbocycles. The number of nitrogens with two attached hydrogens (primary N) is 1. The van der Waals surface area contributed by atoms with E-state index in [1.807, 2.05) is 0 Å². The number of hydrogen-bond donors (Lipinski definition) is 1. The molecule has 0 aliphatic heterocycles. The van der Waals surface area contributed by atoms with Crippen molar-refractivity contribution in [2.45, 2.75) is 34.1 Å². The molecule has 0 saturated heterocycles. The minimum atomic E-state index is 0.608. The van der Waals surface area contributed by atoms with Crippen LogP contribution in [0.25, 0.3) is 0 Å². The number of hydrogen-bond acceptors (Lipinski definition) is 3. The highest BCUT2D eigenvalue weighted by Gasteiger charge is 2.15. The summed E-state index contributed by atoms with van der Waals surface area (Å²) in [4.78, 5) is 2.34. The smallest absolute Gasteiger partial charge is 0.122 e. The van der Waals surface area contributed by atoms with Crippen molar-refractivity contribution in [1.82, 2.24) is 0 Å². The molecule has 0 aliphatic carbocycles. The number of anilines is 1. The van der Waals surface area contributed by atoms with E-state index < -0.39 is 0 Å². The lowest BCUT2D eigenvalue weighted by Gasteiger charge is -2.28. The Morgan fingerprint density at radius 2 is 1.89 bits per heavy atom. The van der Waals surface area contributed by atoms with Crippen molar-refractivity contribution in [2.75, 3.05) is 32.1 Å². The normalized spacial score (nSPS) is 12.4. The summed E-state index contributed by atoms with van der Waals surface area (Å²) in [5.74, 6) is 1.58. The number of methoxy groups -OCH3 is 1. The molecule has 19 heavy (non-hydrogen) atoms. The Labute approximate surface area is 117 Å². The van der Waals surface area contributed by atoms with Gasteiger partial charge in [-0.2, -0.15) is 0 Å². The van der Waals surface area contributed by atoms with Crippen LogP contribution in [0.5, 0.6) is 5.75 Å². The van der Waals surface area contributed by atoms with Crippen LogP contribution in [0.2, 0.25) is 0 Å². The van der Waals surface area contributed by atoms with Crippen LogP contribution >= 0.6 is 0 Å². The van der Waals surface area contributed by atoms with E-state index in [-0.39, 0.29) is 0 Å². The van der Waals surface area contributed by atoms with Crippen LogP contribution in [-0.4, -0.2) is 27.2 Å². The topological polar surface area (TPSA) is 38.5 Å². The van der Waals surface area contributed by atoms with E-state index in [1.165, 1.54) is 22.4 Å². The maximum atomic E-state index is 5.63. The summed E-state index contributed by atoms with van der Waals surface area (Å²) < 4.78 is 5.43. The van der Waals surface area contributed by atoms with Gasteiger partial charge >= 0.3 is 0 Å². The minimum Gasteiger partial charge on any atom is -0.496 e. The van der Waals surface area contributed by atoms with Crippen molar-refractivity contribution in [2.24, 2.45) is 11.7 Å². The van der Waals surface area contributed by atoms with E-state index in [2.05, 4.69) is 45.7 Å². The SMILES string of the molecule is COc1cc(C)c(N(C)CC(C)CCN)c(C)c1C. The Kier molecular flexibility index (Phi) is 5.67. The van der Waals surface area contributed by atoms with Gasteiger partial charge in [0.1, 0.15) is 5.75 Å². The molecule has 2 N–H and O–H groups in total. The molecule has 108 valence electrons. The third kappa shape index (κ3) is 3.63. The molecule has 0 radical (unpaired) electrons. The van der Waals surface area contributed by atoms with Crippen LogP contribution in [0.3, 0.4) is 0 Å². The number of rotatable bonds is 6. The predicted octanol–water partition coefficient (Wildman–Crippen LogP) is 3.04. The Morgan fingerprint density at radius 3 is 2.42 bits per heavy atom. The molecule has 0 aromatic heterocycles. The summed E-state index contributed by atoms with van der Waals surface area (Å²) in [6, 6.07) is 2.13. The summed E-state index contributed by atoms with van der Waals surface area (Å²) >= 11 is 0. The van der Waals surface area contributed by atoms with Crippen LogP contribution in [0, 0.1) is 26.7 Å². The van der Waals surface area contributed by atoms with Gasteiger partial charge < -0.3 is 15.4 Å². The molecule has 3 heteroatoms. The van der Waals surface area contributed by atoms with Gasteiger partial charge in [0.25, 0.3) is 0 Å². The van der Waals surface area contributed by atoms with Crippen molar-refractivity contribution < 1.29 is 4.74 Å². The molecule has 0 bridgehead atoms. The van der Waals surface area contributed by atoms with Crippen molar-refractivity contribution in [3.63, 3.8) is 0 Å². The van der Waals surface area contributed by atoms with Crippen molar-refractivity contribution in [1.29, 1.82) is 0 Å². The zero-order valence-corrected chi connectivity index (χ0v) is 13.2. The first-order valence-corrected chi connectivity index (χ1v) is 6.98. The monoisotopic (exact) mass is 264 g/mol. The van der Waals surface area contributed by atoms with Crippen LogP contribution in [0.4, 0.5) is 5.69 Å². The highest BCUT2D eigenvalue weighted by Crippen LogP contribution is 2.33. The van der Waals surface area contributed by atoms with E-state index in [4.69, 9.17) is 10.5 Å². The van der Waals surface area contributed by atoms with Crippen LogP contribution in [0.15, 0.2) is 6.07 Å². The van der Waals surface area contributed by atoms with E-state index >= 15 is 0 Å². The van der Waals surface area contributed by atoms with E-state index in [0.29, 0.717) is 5.92 Å². The van der Waals surface area contributed by atoms with Crippen molar-refractivity contribution in [3.05, 3.63) is 22.8 Å². The molecule has 0 heterocycles. The molecular formula is C16H28N2O. The summed E-state index contributed by atoms with van der Waals surface area (Å²) in [5.41, 5.74) is 10.7. The van der Waals surface area contributed by atoms with Crippen LogP contribution in [0.1, 0.15) is 30.0 Å². The third-order valence-electron chi connectivity index (χ3n) is 3.86. The molecule has 3 nitrogen and oxygen atoms in total. The lowest BCUT2D eigenvalue weighted by Crippen LogP contribution is -2.26. The van der Waals surface area contributed by atoms with E-state index in [9.17, 15) is 0 Å². The molecule has 0 amide bonds. The van der Waals surface area contributed by atoms with Crippen molar-refractivity contribution >= 4 is 5.69 Å². The van der Waals surface area contributed by atoms with Gasteiger partial charge in [-0.05, 0) is 62.4 Å². The number of benzene rings is 1. The molecule has 1 unspecified atom stereocenters. The Bertz CT molecular complexity index is 429. The Morgan fingerprint density at radius 1 is 1.26 bits per heavy atom. The maximum Gasteiger partial charge on any atom is 0.122 e. The molecule has 0 fully saturated rings. The predicted molar refractivity (Wildman–Crippen MR) is 83.3 cm³/mol. The molecule has 0 aliphatic rings. The van der Waals surface area contributed by atoms with Gasteiger partial charge in [0, 0.05) is 19.3 Å². The lowest BCUT2D eigenvalue weighted by atomic mass is 10.00. The average molecular weight is 264 g/mol. The first-order chi connectivity index (χ1) is 8.92. The van der Waals surface area contributed by atoms with Crippen LogP contribution < -0.4 is 15.4 Å². The zero-order valence-electron chi connectivity index (χ0n) is 13.2. The van der Waals surface area contributed by atoms with Gasteiger partial charge in [-0.1, -0.05) is 6.92 Å². The quantitative estimate of drug-likeness (QED) is 0.858. The molecule has 0 saturated carbocycles. The van der Waals surface area contributed by atoms with Crippen molar-refractivity contribution in [3.8, 4) is 5.75 Å². The average Bonchev–Trinajstić information content (AvgIpc) is 2.34. The minimum absolute atomic E-state index is 0.608. The summed E-state index contributed by atoms with van der Waals surface area (Å²) in [7, 11) is 3.89. The Hall–Kier alpha value is -1.22. The lowest BCUT2D eigenvalue weighted by molar-refractivity contribution is 0.411. The van der Waals surface area contributed by atoms with Crippen LogP contribution in [-0.2, 0) is 0 Å².